The van der Waals surface area contributed by atoms with Crippen molar-refractivity contribution < 1.29 is 27.8 Å². The molecule has 3 aromatic rings. The number of hydrogen-bond acceptors (Lipinski definition) is 4. The van der Waals surface area contributed by atoms with Crippen molar-refractivity contribution in [3.05, 3.63) is 82.0 Å². The van der Waals surface area contributed by atoms with Crippen molar-refractivity contribution in [2.45, 2.75) is 52.9 Å². The summed E-state index contributed by atoms with van der Waals surface area (Å²) in [5.41, 5.74) is 5.39. The normalized spacial score (nSPS) is 11.9. The Morgan fingerprint density at radius 1 is 0.865 bits per heavy atom. The number of alkyl carbamates (subject to hydrolysis) is 2. The van der Waals surface area contributed by atoms with E-state index in [9.17, 15) is 18.4 Å². The van der Waals surface area contributed by atoms with Gasteiger partial charge in [0.15, 0.2) is 11.6 Å². The van der Waals surface area contributed by atoms with E-state index in [1.54, 1.807) is 0 Å². The molecule has 2 amide bonds. The SMILES string of the molecule is CCCNC(=O)OCc1c(COC(=O)NCCC)c(-c2ccc(F)c(F)c2)n2c1Cc1ccccc1C2. The van der Waals surface area contributed by atoms with Crippen LogP contribution in [0, 0.1) is 11.6 Å². The number of aromatic nitrogens is 1. The summed E-state index contributed by atoms with van der Waals surface area (Å²) < 4.78 is 41.2. The van der Waals surface area contributed by atoms with Crippen molar-refractivity contribution in [3.63, 3.8) is 0 Å². The molecule has 0 atom stereocenters. The zero-order chi connectivity index (χ0) is 26.4. The Morgan fingerprint density at radius 2 is 1.49 bits per heavy atom. The number of rotatable bonds is 9. The van der Waals surface area contributed by atoms with Gasteiger partial charge in [-0.25, -0.2) is 18.4 Å². The number of benzene rings is 2. The van der Waals surface area contributed by atoms with Crippen molar-refractivity contribution in [1.29, 1.82) is 0 Å². The molecular weight excluding hydrogens is 480 g/mol. The highest BCUT2D eigenvalue weighted by atomic mass is 19.2. The Balaban J connectivity index is 1.80. The number of fused-ring (bicyclic) bond motifs is 2. The van der Waals surface area contributed by atoms with Crippen molar-refractivity contribution in [2.75, 3.05) is 13.1 Å². The van der Waals surface area contributed by atoms with Crippen molar-refractivity contribution >= 4 is 12.2 Å². The maximum atomic E-state index is 14.3. The van der Waals surface area contributed by atoms with E-state index in [1.807, 2.05) is 42.7 Å². The molecule has 0 radical (unpaired) electrons. The Hall–Kier alpha value is -3.88. The van der Waals surface area contributed by atoms with Crippen LogP contribution in [0.1, 0.15) is 54.6 Å². The van der Waals surface area contributed by atoms with Crippen LogP contribution in [-0.2, 0) is 35.7 Å². The van der Waals surface area contributed by atoms with Gasteiger partial charge in [0.1, 0.15) is 13.2 Å². The van der Waals surface area contributed by atoms with Crippen LogP contribution in [0.5, 0.6) is 0 Å². The molecular formula is C28H31F2N3O4. The summed E-state index contributed by atoms with van der Waals surface area (Å²) in [6, 6.07) is 11.7. The molecule has 1 aliphatic heterocycles. The average Bonchev–Trinajstić information content (AvgIpc) is 3.20. The van der Waals surface area contributed by atoms with Gasteiger partial charge in [-0.2, -0.15) is 0 Å². The van der Waals surface area contributed by atoms with Gasteiger partial charge >= 0.3 is 12.2 Å². The minimum absolute atomic E-state index is 0.0635. The molecule has 0 spiro atoms. The van der Waals surface area contributed by atoms with Crippen LogP contribution >= 0.6 is 0 Å². The van der Waals surface area contributed by atoms with E-state index in [4.69, 9.17) is 9.47 Å². The van der Waals surface area contributed by atoms with Crippen molar-refractivity contribution in [3.8, 4) is 11.3 Å². The first-order valence-electron chi connectivity index (χ1n) is 12.5. The fourth-order valence-electron chi connectivity index (χ4n) is 4.52. The first-order chi connectivity index (χ1) is 17.9. The highest BCUT2D eigenvalue weighted by Gasteiger charge is 2.29. The van der Waals surface area contributed by atoms with E-state index in [0.717, 1.165) is 41.8 Å². The minimum Gasteiger partial charge on any atom is -0.445 e. The molecule has 1 aromatic heterocycles. The Labute approximate surface area is 214 Å². The lowest BCUT2D eigenvalue weighted by Gasteiger charge is -2.22. The molecule has 7 nitrogen and oxygen atoms in total. The monoisotopic (exact) mass is 511 g/mol. The Kier molecular flexibility index (Phi) is 8.43. The van der Waals surface area contributed by atoms with E-state index in [2.05, 4.69) is 10.6 Å². The lowest BCUT2D eigenvalue weighted by Crippen LogP contribution is -2.26. The van der Waals surface area contributed by atoms with Crippen LogP contribution in [-0.4, -0.2) is 29.8 Å². The summed E-state index contributed by atoms with van der Waals surface area (Å²) in [6.45, 7) is 5.10. The second-order valence-corrected chi connectivity index (χ2v) is 8.92. The standard InChI is InChI=1S/C28H31F2N3O4/c1-3-11-31-27(34)36-16-21-22(17-37-28(35)32-12-4-2)26(19-9-10-23(29)24(30)13-19)33-15-20-8-6-5-7-18(20)14-25(21)33/h5-10,13H,3-4,11-12,14-17H2,1-2H3,(H,31,34)(H,32,35). The van der Waals surface area contributed by atoms with Gasteiger partial charge in [0.2, 0.25) is 0 Å². The molecule has 0 fully saturated rings. The third kappa shape index (κ3) is 5.93. The van der Waals surface area contributed by atoms with Gasteiger partial charge in [-0.05, 0) is 42.2 Å². The van der Waals surface area contributed by atoms with Gasteiger partial charge in [-0.1, -0.05) is 38.1 Å². The maximum Gasteiger partial charge on any atom is 0.407 e. The molecule has 0 bridgehead atoms. The molecule has 0 unspecified atom stereocenters. The van der Waals surface area contributed by atoms with Gasteiger partial charge in [0.05, 0.1) is 5.69 Å². The first kappa shape index (κ1) is 26.2. The minimum atomic E-state index is -0.978. The number of hydrogen-bond donors (Lipinski definition) is 2. The summed E-state index contributed by atoms with van der Waals surface area (Å²) in [5.74, 6) is -1.93. The number of carbonyl (C=O) groups excluding carboxylic acids is 2. The highest BCUT2D eigenvalue weighted by Crippen LogP contribution is 2.38. The van der Waals surface area contributed by atoms with E-state index < -0.39 is 23.8 Å². The molecule has 2 N–H and O–H groups in total. The predicted molar refractivity (Wildman–Crippen MR) is 135 cm³/mol. The van der Waals surface area contributed by atoms with Gasteiger partial charge in [-0.3, -0.25) is 0 Å². The molecule has 9 heteroatoms. The Morgan fingerprint density at radius 3 is 2.11 bits per heavy atom. The van der Waals surface area contributed by atoms with Crippen LogP contribution in [0.25, 0.3) is 11.3 Å². The highest BCUT2D eigenvalue weighted by molar-refractivity contribution is 5.72. The van der Waals surface area contributed by atoms with Crippen LogP contribution in [0.3, 0.4) is 0 Å². The summed E-state index contributed by atoms with van der Waals surface area (Å²) in [7, 11) is 0. The van der Waals surface area contributed by atoms with Gasteiger partial charge in [0.25, 0.3) is 0 Å². The first-order valence-corrected chi connectivity index (χ1v) is 12.5. The van der Waals surface area contributed by atoms with Gasteiger partial charge in [-0.15, -0.1) is 0 Å². The summed E-state index contributed by atoms with van der Waals surface area (Å²) in [6.07, 6.45) is 0.919. The quantitative estimate of drug-likeness (QED) is 0.304. The van der Waals surface area contributed by atoms with Gasteiger partial charge < -0.3 is 24.7 Å². The van der Waals surface area contributed by atoms with E-state index in [-0.39, 0.29) is 13.2 Å². The predicted octanol–water partition coefficient (Wildman–Crippen LogP) is 5.66. The molecule has 2 heterocycles. The topological polar surface area (TPSA) is 81.6 Å². The molecule has 0 saturated heterocycles. The molecule has 1 aliphatic rings. The number of amides is 2. The lowest BCUT2D eigenvalue weighted by molar-refractivity contribution is 0.132. The van der Waals surface area contributed by atoms with E-state index in [0.29, 0.717) is 48.4 Å². The van der Waals surface area contributed by atoms with Crippen molar-refractivity contribution in [1.82, 2.24) is 15.2 Å². The second kappa shape index (κ2) is 11.9. The number of halogens is 2. The smallest absolute Gasteiger partial charge is 0.407 e. The number of nitrogens with one attached hydrogen (secondary N) is 2. The fourth-order valence-corrected chi connectivity index (χ4v) is 4.52. The lowest BCUT2D eigenvalue weighted by atomic mass is 9.97. The third-order valence-electron chi connectivity index (χ3n) is 6.33. The molecule has 196 valence electrons. The zero-order valence-electron chi connectivity index (χ0n) is 21.0. The number of nitrogens with zero attached hydrogens (tertiary/aromatic N) is 1. The summed E-state index contributed by atoms with van der Waals surface area (Å²) >= 11 is 0. The summed E-state index contributed by atoms with van der Waals surface area (Å²) in [5, 5.41) is 5.36. The number of carbonyl (C=O) groups is 2. The van der Waals surface area contributed by atoms with Crippen LogP contribution in [0.4, 0.5) is 18.4 Å². The maximum absolute atomic E-state index is 14.3. The molecule has 4 rings (SSSR count). The molecule has 37 heavy (non-hydrogen) atoms. The van der Waals surface area contributed by atoms with Crippen LogP contribution in [0.15, 0.2) is 42.5 Å². The third-order valence-corrected chi connectivity index (χ3v) is 6.33. The van der Waals surface area contributed by atoms with Gasteiger partial charge in [0, 0.05) is 48.4 Å². The fraction of sp³-hybridized carbons (Fsp3) is 0.357. The molecule has 0 aliphatic carbocycles. The molecule has 2 aromatic carbocycles. The van der Waals surface area contributed by atoms with Crippen LogP contribution in [0.2, 0.25) is 0 Å². The summed E-state index contributed by atoms with van der Waals surface area (Å²) in [4.78, 5) is 24.6. The largest absolute Gasteiger partial charge is 0.445 e. The van der Waals surface area contributed by atoms with Crippen LogP contribution < -0.4 is 10.6 Å². The van der Waals surface area contributed by atoms with Crippen molar-refractivity contribution in [2.24, 2.45) is 0 Å². The molecule has 0 saturated carbocycles. The average molecular weight is 512 g/mol. The second-order valence-electron chi connectivity index (χ2n) is 8.92. The Bertz CT molecular complexity index is 1290. The van der Waals surface area contributed by atoms with E-state index in [1.165, 1.54) is 6.07 Å². The van der Waals surface area contributed by atoms with E-state index >= 15 is 0 Å². The number of ether oxygens (including phenoxy) is 2. The zero-order valence-corrected chi connectivity index (χ0v) is 21.0.